The second-order valence-corrected chi connectivity index (χ2v) is 4.19. The first-order valence-corrected chi connectivity index (χ1v) is 5.78. The van der Waals surface area contributed by atoms with E-state index in [1.807, 2.05) is 6.92 Å². The van der Waals surface area contributed by atoms with Gasteiger partial charge in [0.25, 0.3) is 5.91 Å². The fraction of sp³-hybridized carbons (Fsp3) is 0.833. The van der Waals surface area contributed by atoms with Gasteiger partial charge in [0.1, 0.15) is 5.60 Å². The zero-order valence-electron chi connectivity index (χ0n) is 11.4. The van der Waals surface area contributed by atoms with E-state index in [1.54, 1.807) is 18.9 Å². The summed E-state index contributed by atoms with van der Waals surface area (Å²) >= 11 is 0. The molecular weight excluding hydrogens is 222 g/mol. The van der Waals surface area contributed by atoms with Crippen molar-refractivity contribution in [2.75, 3.05) is 27.8 Å². The lowest BCUT2D eigenvalue weighted by molar-refractivity contribution is -0.152. The minimum absolute atomic E-state index is 0.0626. The van der Waals surface area contributed by atoms with E-state index in [4.69, 9.17) is 4.74 Å². The zero-order chi connectivity index (χ0) is 13.5. The van der Waals surface area contributed by atoms with Crippen molar-refractivity contribution in [3.05, 3.63) is 0 Å². The number of carbonyl (C=O) groups is 2. The molecule has 0 radical (unpaired) electrons. The molecule has 0 fully saturated rings. The summed E-state index contributed by atoms with van der Waals surface area (Å²) in [6.07, 6.45) is 1.53. The first-order valence-electron chi connectivity index (χ1n) is 5.78. The lowest BCUT2D eigenvalue weighted by atomic mass is 10.0. The molecule has 1 atom stereocenters. The summed E-state index contributed by atoms with van der Waals surface area (Å²) in [5.74, 6) is -0.316. The number of ether oxygens (including phenoxy) is 2. The quantitative estimate of drug-likeness (QED) is 0.633. The molecule has 1 unspecified atom stereocenters. The molecular formula is C12H23NO4. The number of nitrogens with zero attached hydrogens (tertiary/aromatic N) is 1. The summed E-state index contributed by atoms with van der Waals surface area (Å²) in [4.78, 5) is 24.6. The molecule has 0 saturated carbocycles. The molecule has 100 valence electrons. The van der Waals surface area contributed by atoms with Gasteiger partial charge in [0.2, 0.25) is 0 Å². The topological polar surface area (TPSA) is 55.8 Å². The van der Waals surface area contributed by atoms with E-state index < -0.39 is 5.60 Å². The Kier molecular flexibility index (Phi) is 6.80. The molecule has 5 nitrogen and oxygen atoms in total. The van der Waals surface area contributed by atoms with Crippen LogP contribution in [0.2, 0.25) is 0 Å². The van der Waals surface area contributed by atoms with Gasteiger partial charge in [-0.05, 0) is 19.8 Å². The monoisotopic (exact) mass is 245 g/mol. The van der Waals surface area contributed by atoms with Gasteiger partial charge in [-0.3, -0.25) is 9.59 Å². The molecule has 0 saturated heterocycles. The maximum Gasteiger partial charge on any atom is 0.305 e. The third-order valence-electron chi connectivity index (χ3n) is 3.03. The van der Waals surface area contributed by atoms with Crippen molar-refractivity contribution in [3.63, 3.8) is 0 Å². The molecule has 5 heteroatoms. The van der Waals surface area contributed by atoms with E-state index in [-0.39, 0.29) is 11.9 Å². The predicted molar refractivity (Wildman–Crippen MR) is 64.6 cm³/mol. The van der Waals surface area contributed by atoms with Crippen molar-refractivity contribution in [1.29, 1.82) is 0 Å². The number of carbonyl (C=O) groups excluding carboxylic acids is 2. The first kappa shape index (κ1) is 15.9. The second kappa shape index (κ2) is 7.27. The van der Waals surface area contributed by atoms with Crippen LogP contribution in [0.4, 0.5) is 0 Å². The van der Waals surface area contributed by atoms with Gasteiger partial charge in [0.15, 0.2) is 0 Å². The van der Waals surface area contributed by atoms with Crippen molar-refractivity contribution in [3.8, 4) is 0 Å². The minimum atomic E-state index is -0.778. The Balaban J connectivity index is 4.18. The minimum Gasteiger partial charge on any atom is -0.469 e. The molecule has 0 aromatic heterocycles. The van der Waals surface area contributed by atoms with E-state index in [0.29, 0.717) is 25.8 Å². The summed E-state index contributed by atoms with van der Waals surface area (Å²) in [6, 6.07) is 0. The SMILES string of the molecule is CCC(C)(OC)C(=O)N(C)CCCC(=O)OC. The Hall–Kier alpha value is -1.10. The Bertz CT molecular complexity index is 261. The van der Waals surface area contributed by atoms with Crippen LogP contribution in [0.1, 0.15) is 33.1 Å². The average Bonchev–Trinajstić information content (AvgIpc) is 2.36. The number of rotatable bonds is 7. The number of hydrogen-bond donors (Lipinski definition) is 0. The highest BCUT2D eigenvalue weighted by Gasteiger charge is 2.33. The highest BCUT2D eigenvalue weighted by atomic mass is 16.5. The fourth-order valence-electron chi connectivity index (χ4n) is 1.45. The van der Waals surface area contributed by atoms with E-state index >= 15 is 0 Å². The van der Waals surface area contributed by atoms with Gasteiger partial charge in [-0.25, -0.2) is 0 Å². The maximum absolute atomic E-state index is 12.1. The van der Waals surface area contributed by atoms with Crippen molar-refractivity contribution < 1.29 is 19.1 Å². The van der Waals surface area contributed by atoms with Crippen molar-refractivity contribution in [1.82, 2.24) is 4.90 Å². The standard InChI is InChI=1S/C12H23NO4/c1-6-12(2,17-5)11(15)13(3)9-7-8-10(14)16-4/h6-9H2,1-5H3. The molecule has 0 aromatic carbocycles. The molecule has 0 aliphatic rings. The maximum atomic E-state index is 12.1. The molecule has 0 heterocycles. The molecule has 1 amide bonds. The Morgan fingerprint density at radius 1 is 1.29 bits per heavy atom. The lowest BCUT2D eigenvalue weighted by Gasteiger charge is -2.30. The Labute approximate surface area is 103 Å². The number of esters is 1. The van der Waals surface area contributed by atoms with Crippen LogP contribution in [0.3, 0.4) is 0 Å². The molecule has 0 spiro atoms. The van der Waals surface area contributed by atoms with Crippen LogP contribution in [0.15, 0.2) is 0 Å². The van der Waals surface area contributed by atoms with Crippen LogP contribution in [-0.4, -0.2) is 50.2 Å². The molecule has 0 aromatic rings. The average molecular weight is 245 g/mol. The molecule has 17 heavy (non-hydrogen) atoms. The molecule has 0 N–H and O–H groups in total. The van der Waals surface area contributed by atoms with Gasteiger partial charge in [-0.15, -0.1) is 0 Å². The second-order valence-electron chi connectivity index (χ2n) is 4.19. The van der Waals surface area contributed by atoms with Gasteiger partial charge >= 0.3 is 5.97 Å². The van der Waals surface area contributed by atoms with Crippen LogP contribution in [0.25, 0.3) is 0 Å². The molecule has 0 rings (SSSR count). The van der Waals surface area contributed by atoms with Gasteiger partial charge in [-0.2, -0.15) is 0 Å². The van der Waals surface area contributed by atoms with Crippen molar-refractivity contribution in [2.24, 2.45) is 0 Å². The predicted octanol–water partition coefficient (Wildman–Crippen LogP) is 1.21. The van der Waals surface area contributed by atoms with E-state index in [0.717, 1.165) is 0 Å². The summed E-state index contributed by atoms with van der Waals surface area (Å²) < 4.78 is 9.77. The Morgan fingerprint density at radius 3 is 2.29 bits per heavy atom. The van der Waals surface area contributed by atoms with Gasteiger partial charge in [-0.1, -0.05) is 6.92 Å². The summed E-state index contributed by atoms with van der Waals surface area (Å²) in [5, 5.41) is 0. The van der Waals surface area contributed by atoms with Crippen LogP contribution in [0.5, 0.6) is 0 Å². The third kappa shape index (κ3) is 4.73. The van der Waals surface area contributed by atoms with Gasteiger partial charge in [0.05, 0.1) is 7.11 Å². The fourth-order valence-corrected chi connectivity index (χ4v) is 1.45. The number of likely N-dealkylation sites (N-methyl/N-ethyl adjacent to an activating group) is 1. The van der Waals surface area contributed by atoms with Gasteiger partial charge < -0.3 is 14.4 Å². The first-order chi connectivity index (χ1) is 7.91. The van der Waals surface area contributed by atoms with Crippen LogP contribution in [-0.2, 0) is 19.1 Å². The molecule has 0 aliphatic carbocycles. The number of methoxy groups -OCH3 is 2. The summed E-state index contributed by atoms with van der Waals surface area (Å²) in [6.45, 7) is 4.20. The van der Waals surface area contributed by atoms with Crippen LogP contribution >= 0.6 is 0 Å². The molecule has 0 bridgehead atoms. The summed E-state index contributed by atoms with van der Waals surface area (Å²) in [5.41, 5.74) is -0.778. The largest absolute Gasteiger partial charge is 0.469 e. The van der Waals surface area contributed by atoms with Crippen molar-refractivity contribution >= 4 is 11.9 Å². The van der Waals surface area contributed by atoms with Crippen LogP contribution in [0, 0.1) is 0 Å². The number of amides is 1. The summed E-state index contributed by atoms with van der Waals surface area (Å²) in [7, 11) is 4.60. The van der Waals surface area contributed by atoms with E-state index in [9.17, 15) is 9.59 Å². The molecule has 0 aliphatic heterocycles. The normalized spacial score (nSPS) is 13.9. The van der Waals surface area contributed by atoms with E-state index in [1.165, 1.54) is 14.2 Å². The lowest BCUT2D eigenvalue weighted by Crippen LogP contribution is -2.46. The van der Waals surface area contributed by atoms with E-state index in [2.05, 4.69) is 4.74 Å². The van der Waals surface area contributed by atoms with Crippen molar-refractivity contribution in [2.45, 2.75) is 38.7 Å². The highest BCUT2D eigenvalue weighted by Crippen LogP contribution is 2.17. The third-order valence-corrected chi connectivity index (χ3v) is 3.03. The van der Waals surface area contributed by atoms with Crippen LogP contribution < -0.4 is 0 Å². The number of hydrogen-bond acceptors (Lipinski definition) is 4. The smallest absolute Gasteiger partial charge is 0.305 e. The zero-order valence-corrected chi connectivity index (χ0v) is 11.4. The Morgan fingerprint density at radius 2 is 1.88 bits per heavy atom. The highest BCUT2D eigenvalue weighted by molar-refractivity contribution is 5.84. The van der Waals surface area contributed by atoms with Gasteiger partial charge in [0, 0.05) is 27.1 Å².